The Labute approximate surface area is 70.2 Å². The van der Waals surface area contributed by atoms with Crippen molar-refractivity contribution in [3.63, 3.8) is 0 Å². The van der Waals surface area contributed by atoms with E-state index in [0.717, 1.165) is 4.43 Å². The molecule has 0 saturated heterocycles. The summed E-state index contributed by atoms with van der Waals surface area (Å²) in [6.45, 7) is 0. The lowest BCUT2D eigenvalue weighted by atomic mass is 10.7. The van der Waals surface area contributed by atoms with Crippen LogP contribution >= 0.6 is 45.5 Å². The van der Waals surface area contributed by atoms with E-state index in [2.05, 4.69) is 27.6 Å². The summed E-state index contributed by atoms with van der Waals surface area (Å²) in [5.41, 5.74) is 0. The molecule has 0 spiro atoms. The fourth-order valence-electron chi connectivity index (χ4n) is 0.345. The minimum Gasteiger partial charge on any atom is -0.233 e. The largest absolute Gasteiger partial charge is 0.233 e. The van der Waals surface area contributed by atoms with Gasteiger partial charge in [0.15, 0.2) is 4.47 Å². The summed E-state index contributed by atoms with van der Waals surface area (Å²) < 4.78 is 1.64. The standard InChI is InChI=1S/C4H3ClINS/c5-4-7-2-3(1-6)8-4/h2H,1H2. The Morgan fingerprint density at radius 2 is 2.62 bits per heavy atom. The van der Waals surface area contributed by atoms with Gasteiger partial charge in [0.2, 0.25) is 0 Å². The van der Waals surface area contributed by atoms with Gasteiger partial charge in [-0.05, 0) is 0 Å². The molecule has 0 aromatic carbocycles. The van der Waals surface area contributed by atoms with Crippen molar-refractivity contribution in [2.45, 2.75) is 4.43 Å². The summed E-state index contributed by atoms with van der Waals surface area (Å²) in [5, 5.41) is 0. The smallest absolute Gasteiger partial charge is 0.183 e. The highest BCUT2D eigenvalue weighted by molar-refractivity contribution is 14.1. The molecule has 1 aromatic rings. The minimum atomic E-state index is 0.636. The predicted octanol–water partition coefficient (Wildman–Crippen LogP) is 2.73. The van der Waals surface area contributed by atoms with Gasteiger partial charge in [-0.2, -0.15) is 0 Å². The van der Waals surface area contributed by atoms with E-state index in [4.69, 9.17) is 11.6 Å². The van der Waals surface area contributed by atoms with Crippen LogP contribution in [0.4, 0.5) is 0 Å². The first-order chi connectivity index (χ1) is 3.83. The second-order valence-corrected chi connectivity index (χ2v) is 3.67. The molecule has 8 heavy (non-hydrogen) atoms. The Balaban J connectivity index is 2.84. The van der Waals surface area contributed by atoms with Crippen molar-refractivity contribution in [1.82, 2.24) is 4.98 Å². The quantitative estimate of drug-likeness (QED) is 0.558. The molecule has 0 fully saturated rings. The zero-order valence-electron chi connectivity index (χ0n) is 3.90. The van der Waals surface area contributed by atoms with Gasteiger partial charge in [-0.15, -0.1) is 11.3 Å². The van der Waals surface area contributed by atoms with Gasteiger partial charge >= 0.3 is 0 Å². The van der Waals surface area contributed by atoms with Gasteiger partial charge in [-0.1, -0.05) is 34.2 Å². The van der Waals surface area contributed by atoms with Crippen LogP contribution in [0.5, 0.6) is 0 Å². The molecule has 1 nitrogen and oxygen atoms in total. The average Bonchev–Trinajstić information content (AvgIpc) is 2.14. The summed E-state index contributed by atoms with van der Waals surface area (Å²) in [7, 11) is 0. The van der Waals surface area contributed by atoms with Gasteiger partial charge < -0.3 is 0 Å². The first kappa shape index (κ1) is 6.77. The van der Waals surface area contributed by atoms with Crippen LogP contribution in [0, 0.1) is 0 Å². The van der Waals surface area contributed by atoms with Crippen molar-refractivity contribution >= 4 is 45.5 Å². The minimum absolute atomic E-state index is 0.636. The number of thiazole rings is 1. The highest BCUT2D eigenvalue weighted by atomic mass is 127. The Morgan fingerprint density at radius 1 is 1.88 bits per heavy atom. The third kappa shape index (κ3) is 1.56. The molecule has 4 heteroatoms. The average molecular weight is 259 g/mol. The zero-order valence-corrected chi connectivity index (χ0v) is 7.63. The third-order valence-electron chi connectivity index (χ3n) is 0.657. The van der Waals surface area contributed by atoms with Crippen LogP contribution in [-0.4, -0.2) is 4.98 Å². The number of halogens is 2. The van der Waals surface area contributed by atoms with E-state index in [9.17, 15) is 0 Å². The Bertz CT molecular complexity index is 176. The Hall–Kier alpha value is 0.650. The zero-order chi connectivity index (χ0) is 5.98. The van der Waals surface area contributed by atoms with Crippen LogP contribution in [0.25, 0.3) is 0 Å². The molecule has 0 amide bonds. The molecule has 44 valence electrons. The van der Waals surface area contributed by atoms with Gasteiger partial charge in [-0.3, -0.25) is 0 Å². The number of alkyl halides is 1. The second kappa shape index (κ2) is 2.98. The van der Waals surface area contributed by atoms with Crippen LogP contribution in [-0.2, 0) is 4.43 Å². The van der Waals surface area contributed by atoms with Crippen LogP contribution in [0.15, 0.2) is 6.20 Å². The van der Waals surface area contributed by atoms with Crippen LogP contribution in [0.2, 0.25) is 4.47 Å². The van der Waals surface area contributed by atoms with Gasteiger partial charge in [0.25, 0.3) is 0 Å². The van der Waals surface area contributed by atoms with Gasteiger partial charge in [0.1, 0.15) is 0 Å². The van der Waals surface area contributed by atoms with Crippen molar-refractivity contribution in [2.24, 2.45) is 0 Å². The van der Waals surface area contributed by atoms with Crippen molar-refractivity contribution in [3.05, 3.63) is 15.5 Å². The SMILES string of the molecule is Clc1ncc(CI)s1. The normalized spacial score (nSPS) is 9.75. The third-order valence-corrected chi connectivity index (χ3v) is 3.11. The molecule has 1 rings (SSSR count). The number of hydrogen-bond acceptors (Lipinski definition) is 2. The molecule has 1 heterocycles. The maximum absolute atomic E-state index is 5.54. The van der Waals surface area contributed by atoms with E-state index in [1.165, 1.54) is 16.2 Å². The summed E-state index contributed by atoms with van der Waals surface area (Å²) in [4.78, 5) is 5.10. The predicted molar refractivity (Wildman–Crippen MR) is 44.8 cm³/mol. The summed E-state index contributed by atoms with van der Waals surface area (Å²) in [6.07, 6.45) is 1.80. The van der Waals surface area contributed by atoms with Gasteiger partial charge in [0.05, 0.1) is 0 Å². The Kier molecular flexibility index (Phi) is 2.52. The first-order valence-electron chi connectivity index (χ1n) is 1.99. The lowest BCUT2D eigenvalue weighted by molar-refractivity contribution is 1.38. The maximum atomic E-state index is 5.54. The number of hydrogen-bond donors (Lipinski definition) is 0. The molecule has 0 aliphatic heterocycles. The number of nitrogens with zero attached hydrogens (tertiary/aromatic N) is 1. The molecular weight excluding hydrogens is 256 g/mol. The molecule has 0 saturated carbocycles. The molecule has 0 aliphatic rings. The van der Waals surface area contributed by atoms with E-state index in [1.54, 1.807) is 6.20 Å². The molecule has 1 aromatic heterocycles. The van der Waals surface area contributed by atoms with E-state index < -0.39 is 0 Å². The molecule has 0 aliphatic carbocycles. The molecule has 0 unspecified atom stereocenters. The van der Waals surface area contributed by atoms with E-state index >= 15 is 0 Å². The number of aromatic nitrogens is 1. The lowest BCUT2D eigenvalue weighted by Gasteiger charge is -1.75. The summed E-state index contributed by atoms with van der Waals surface area (Å²) in [5.74, 6) is 0. The fourth-order valence-corrected chi connectivity index (χ4v) is 1.84. The van der Waals surface area contributed by atoms with Gasteiger partial charge in [-0.25, -0.2) is 4.98 Å². The van der Waals surface area contributed by atoms with Crippen molar-refractivity contribution in [1.29, 1.82) is 0 Å². The van der Waals surface area contributed by atoms with E-state index in [1.807, 2.05) is 0 Å². The van der Waals surface area contributed by atoms with Crippen molar-refractivity contribution in [2.75, 3.05) is 0 Å². The second-order valence-electron chi connectivity index (χ2n) is 1.21. The summed E-state index contributed by atoms with van der Waals surface area (Å²) >= 11 is 9.36. The monoisotopic (exact) mass is 259 g/mol. The maximum Gasteiger partial charge on any atom is 0.183 e. The molecular formula is C4H3ClINS. The molecule has 0 bridgehead atoms. The highest BCUT2D eigenvalue weighted by Gasteiger charge is 1.94. The van der Waals surface area contributed by atoms with Crippen molar-refractivity contribution in [3.8, 4) is 0 Å². The fraction of sp³-hybridized carbons (Fsp3) is 0.250. The topological polar surface area (TPSA) is 12.9 Å². The Morgan fingerprint density at radius 3 is 2.88 bits per heavy atom. The van der Waals surface area contributed by atoms with Crippen molar-refractivity contribution < 1.29 is 0 Å². The first-order valence-corrected chi connectivity index (χ1v) is 4.71. The number of rotatable bonds is 1. The van der Waals surface area contributed by atoms with Crippen LogP contribution < -0.4 is 0 Å². The van der Waals surface area contributed by atoms with E-state index in [-0.39, 0.29) is 0 Å². The molecule has 0 radical (unpaired) electrons. The van der Waals surface area contributed by atoms with Gasteiger partial charge in [0, 0.05) is 15.5 Å². The summed E-state index contributed by atoms with van der Waals surface area (Å²) in [6, 6.07) is 0. The highest BCUT2D eigenvalue weighted by Crippen LogP contribution is 2.19. The van der Waals surface area contributed by atoms with E-state index in [0.29, 0.717) is 4.47 Å². The molecule has 0 atom stereocenters. The van der Waals surface area contributed by atoms with Crippen LogP contribution in [0.3, 0.4) is 0 Å². The van der Waals surface area contributed by atoms with Crippen LogP contribution in [0.1, 0.15) is 4.88 Å². The molecule has 0 N–H and O–H groups in total. The lowest BCUT2D eigenvalue weighted by Crippen LogP contribution is -1.59.